The lowest BCUT2D eigenvalue weighted by molar-refractivity contribution is -0.138. The molecule has 3 amide bonds. The molecule has 0 radical (unpaired) electrons. The highest BCUT2D eigenvalue weighted by Gasteiger charge is 2.28. The van der Waals surface area contributed by atoms with Crippen LogP contribution in [0.4, 0.5) is 0 Å². The molecule has 0 fully saturated rings. The molecule has 0 spiro atoms. The normalized spacial score (nSPS) is 13.5. The van der Waals surface area contributed by atoms with E-state index in [-0.39, 0.29) is 12.8 Å². The summed E-state index contributed by atoms with van der Waals surface area (Å²) in [7, 11) is 0. The molecule has 1 heterocycles. The molecule has 0 aliphatic heterocycles. The maximum atomic E-state index is 12.9. The summed E-state index contributed by atoms with van der Waals surface area (Å²) in [5.41, 5.74) is 7.03. The van der Waals surface area contributed by atoms with E-state index in [1.807, 2.05) is 24.3 Å². The molecule has 3 unspecified atom stereocenters. The maximum Gasteiger partial charge on any atom is 0.322 e. The molecule has 178 valence electrons. The summed E-state index contributed by atoms with van der Waals surface area (Å²) >= 11 is 0. The molecule has 0 saturated carbocycles. The number of benzene rings is 1. The molecule has 33 heavy (non-hydrogen) atoms. The van der Waals surface area contributed by atoms with Gasteiger partial charge in [0.25, 0.3) is 0 Å². The molecule has 0 saturated heterocycles. The van der Waals surface area contributed by atoms with Gasteiger partial charge in [0.2, 0.25) is 17.7 Å². The molecule has 2 rings (SSSR count). The second-order valence-electron chi connectivity index (χ2n) is 7.52. The molecule has 12 heteroatoms. The Bertz CT molecular complexity index is 1030. The average Bonchev–Trinajstić information content (AvgIpc) is 3.16. The summed E-state index contributed by atoms with van der Waals surface area (Å²) in [4.78, 5) is 62.4. The van der Waals surface area contributed by atoms with Crippen molar-refractivity contribution in [2.24, 2.45) is 5.73 Å². The lowest BCUT2D eigenvalue weighted by Gasteiger charge is -2.23. The molecule has 3 atom stereocenters. The van der Waals surface area contributed by atoms with Gasteiger partial charge in [-0.3, -0.25) is 24.0 Å². The predicted molar refractivity (Wildman–Crippen MR) is 117 cm³/mol. The monoisotopic (exact) mass is 461 g/mol. The zero-order valence-electron chi connectivity index (χ0n) is 18.0. The lowest BCUT2D eigenvalue weighted by Crippen LogP contribution is -2.56. The van der Waals surface area contributed by atoms with Crippen LogP contribution >= 0.6 is 0 Å². The lowest BCUT2D eigenvalue weighted by atomic mass is 10.0. The van der Waals surface area contributed by atoms with Crippen molar-refractivity contribution >= 4 is 40.6 Å². The van der Waals surface area contributed by atoms with E-state index in [9.17, 15) is 24.0 Å². The van der Waals surface area contributed by atoms with Crippen LogP contribution in [0.2, 0.25) is 0 Å². The van der Waals surface area contributed by atoms with Crippen molar-refractivity contribution in [1.29, 1.82) is 0 Å². The second kappa shape index (κ2) is 11.6. The van der Waals surface area contributed by atoms with Gasteiger partial charge in [0, 0.05) is 29.9 Å². The molecule has 0 aliphatic carbocycles. The summed E-state index contributed by atoms with van der Waals surface area (Å²) in [6, 6.07) is 3.92. The number of carbonyl (C=O) groups is 5. The van der Waals surface area contributed by atoms with Gasteiger partial charge in [-0.1, -0.05) is 18.2 Å². The third kappa shape index (κ3) is 7.61. The van der Waals surface area contributed by atoms with Crippen molar-refractivity contribution in [3.8, 4) is 0 Å². The highest BCUT2D eigenvalue weighted by molar-refractivity contribution is 5.94. The van der Waals surface area contributed by atoms with Crippen molar-refractivity contribution in [3.05, 3.63) is 36.0 Å². The number of carbonyl (C=O) groups excluding carboxylic acids is 3. The van der Waals surface area contributed by atoms with E-state index < -0.39 is 60.8 Å². The van der Waals surface area contributed by atoms with Crippen molar-refractivity contribution < 1.29 is 34.2 Å². The number of hydrogen-bond acceptors (Lipinski definition) is 6. The number of aromatic amines is 1. The fourth-order valence-corrected chi connectivity index (χ4v) is 3.13. The van der Waals surface area contributed by atoms with Crippen LogP contribution in [0.5, 0.6) is 0 Å². The van der Waals surface area contributed by atoms with E-state index >= 15 is 0 Å². The van der Waals surface area contributed by atoms with Crippen LogP contribution in [0.1, 0.15) is 25.3 Å². The van der Waals surface area contributed by atoms with Gasteiger partial charge in [0.1, 0.15) is 18.6 Å². The number of carboxylic acid groups (broad SMARTS) is 2. The zero-order valence-corrected chi connectivity index (χ0v) is 18.0. The van der Waals surface area contributed by atoms with Gasteiger partial charge in [-0.05, 0) is 25.0 Å². The number of amides is 3. The Morgan fingerprint density at radius 1 is 0.970 bits per heavy atom. The number of nitrogens with two attached hydrogens (primary N) is 1. The van der Waals surface area contributed by atoms with Gasteiger partial charge >= 0.3 is 11.9 Å². The van der Waals surface area contributed by atoms with E-state index in [1.54, 1.807) is 6.20 Å². The standard InChI is InChI=1S/C21H27N5O7/c1-11(22)19(31)25-15(6-7-17(27)28)21(33)26-16(20(32)24-10-18(29)30)8-12-9-23-14-5-3-2-4-13(12)14/h2-5,9,11,15-16,23H,6-8,10,22H2,1H3,(H,24,32)(H,25,31)(H,26,33)(H,27,28)(H,29,30). The number of carboxylic acids is 2. The summed E-state index contributed by atoms with van der Waals surface area (Å²) in [6.07, 6.45) is 1.06. The van der Waals surface area contributed by atoms with E-state index in [2.05, 4.69) is 20.9 Å². The first kappa shape index (κ1) is 25.3. The van der Waals surface area contributed by atoms with Crippen molar-refractivity contribution in [1.82, 2.24) is 20.9 Å². The average molecular weight is 461 g/mol. The molecule has 1 aromatic carbocycles. The van der Waals surface area contributed by atoms with Crippen LogP contribution in [0, 0.1) is 0 Å². The van der Waals surface area contributed by atoms with E-state index in [0.717, 1.165) is 10.9 Å². The van der Waals surface area contributed by atoms with Gasteiger partial charge in [0.15, 0.2) is 0 Å². The third-order valence-electron chi connectivity index (χ3n) is 4.84. The topological polar surface area (TPSA) is 204 Å². The molecule has 12 nitrogen and oxygen atoms in total. The Morgan fingerprint density at radius 3 is 2.27 bits per heavy atom. The third-order valence-corrected chi connectivity index (χ3v) is 4.84. The molecule has 1 aromatic heterocycles. The SMILES string of the molecule is CC(N)C(=O)NC(CCC(=O)O)C(=O)NC(Cc1c[nH]c2ccccc12)C(=O)NCC(=O)O. The summed E-state index contributed by atoms with van der Waals surface area (Å²) in [6.45, 7) is 0.754. The fourth-order valence-electron chi connectivity index (χ4n) is 3.13. The van der Waals surface area contributed by atoms with E-state index in [4.69, 9.17) is 15.9 Å². The molecule has 8 N–H and O–H groups in total. The Kier molecular flexibility index (Phi) is 8.92. The van der Waals surface area contributed by atoms with Crippen molar-refractivity contribution in [2.75, 3.05) is 6.54 Å². The Morgan fingerprint density at radius 2 is 1.64 bits per heavy atom. The second-order valence-corrected chi connectivity index (χ2v) is 7.52. The number of para-hydroxylation sites is 1. The summed E-state index contributed by atoms with van der Waals surface area (Å²) < 4.78 is 0. The molecule has 0 bridgehead atoms. The van der Waals surface area contributed by atoms with Gasteiger partial charge in [0.05, 0.1) is 6.04 Å². The highest BCUT2D eigenvalue weighted by Crippen LogP contribution is 2.19. The first-order valence-corrected chi connectivity index (χ1v) is 10.2. The van der Waals surface area contributed by atoms with Gasteiger partial charge in [-0.25, -0.2) is 0 Å². The van der Waals surface area contributed by atoms with Crippen molar-refractivity contribution in [3.63, 3.8) is 0 Å². The smallest absolute Gasteiger partial charge is 0.322 e. The number of nitrogens with one attached hydrogen (secondary N) is 4. The van der Waals surface area contributed by atoms with Gasteiger partial charge in [-0.2, -0.15) is 0 Å². The van der Waals surface area contributed by atoms with Crippen LogP contribution in [0.25, 0.3) is 10.9 Å². The van der Waals surface area contributed by atoms with E-state index in [0.29, 0.717) is 5.56 Å². The van der Waals surface area contributed by atoms with Crippen LogP contribution in [-0.4, -0.2) is 69.5 Å². The highest BCUT2D eigenvalue weighted by atomic mass is 16.4. The largest absolute Gasteiger partial charge is 0.481 e. The first-order chi connectivity index (χ1) is 15.6. The first-order valence-electron chi connectivity index (χ1n) is 10.2. The van der Waals surface area contributed by atoms with E-state index in [1.165, 1.54) is 6.92 Å². The number of aromatic nitrogens is 1. The number of hydrogen-bond donors (Lipinski definition) is 7. The summed E-state index contributed by atoms with van der Waals surface area (Å²) in [5, 5.41) is 25.8. The number of rotatable bonds is 12. The van der Waals surface area contributed by atoms with Crippen LogP contribution in [0.3, 0.4) is 0 Å². The zero-order chi connectivity index (χ0) is 24.5. The van der Waals surface area contributed by atoms with Crippen molar-refractivity contribution in [2.45, 2.75) is 44.3 Å². The number of aliphatic carboxylic acids is 2. The minimum atomic E-state index is -1.26. The number of fused-ring (bicyclic) bond motifs is 1. The Labute approximate surface area is 188 Å². The molecule has 2 aromatic rings. The minimum Gasteiger partial charge on any atom is -0.481 e. The minimum absolute atomic E-state index is 0.0219. The summed E-state index contributed by atoms with van der Waals surface area (Å²) in [5.74, 6) is -4.63. The quantitative estimate of drug-likeness (QED) is 0.210. The van der Waals surface area contributed by atoms with Crippen LogP contribution in [0.15, 0.2) is 30.5 Å². The van der Waals surface area contributed by atoms with Crippen LogP contribution < -0.4 is 21.7 Å². The predicted octanol–water partition coefficient (Wildman–Crippen LogP) is -0.907. The number of H-pyrrole nitrogens is 1. The fraction of sp³-hybridized carbons (Fsp3) is 0.381. The Balaban J connectivity index is 2.24. The Hall–Kier alpha value is -3.93. The molecular formula is C21H27N5O7. The van der Waals surface area contributed by atoms with Gasteiger partial charge < -0.3 is 36.9 Å². The van der Waals surface area contributed by atoms with Crippen LogP contribution in [-0.2, 0) is 30.4 Å². The van der Waals surface area contributed by atoms with Gasteiger partial charge in [-0.15, -0.1) is 0 Å². The molecule has 0 aliphatic rings. The maximum absolute atomic E-state index is 12.9. The molecular weight excluding hydrogens is 434 g/mol.